The Morgan fingerprint density at radius 3 is 2.62 bits per heavy atom. The number of aromatic carboxylic acids is 1. The van der Waals surface area contributed by atoms with Crippen molar-refractivity contribution in [3.05, 3.63) is 45.4 Å². The summed E-state index contributed by atoms with van der Waals surface area (Å²) in [6, 6.07) is 4.35. The summed E-state index contributed by atoms with van der Waals surface area (Å²) in [7, 11) is 0. The number of hydrogen-bond acceptors (Lipinski definition) is 3. The first-order valence-corrected chi connectivity index (χ1v) is 7.10. The number of carbonyl (C=O) groups is 1. The van der Waals surface area contributed by atoms with Crippen LogP contribution in [-0.4, -0.2) is 26.1 Å². The molecule has 0 aliphatic rings. The molecule has 112 valence electrons. The number of carboxylic acids is 1. The van der Waals surface area contributed by atoms with Crippen molar-refractivity contribution in [1.29, 1.82) is 0 Å². The molecule has 0 fully saturated rings. The van der Waals surface area contributed by atoms with Crippen molar-refractivity contribution in [3.63, 3.8) is 0 Å². The fraction of sp³-hybridized carbons (Fsp3) is 0.357. The van der Waals surface area contributed by atoms with Crippen LogP contribution in [0.2, 0.25) is 0 Å². The third kappa shape index (κ3) is 3.29. The summed E-state index contributed by atoms with van der Waals surface area (Å²) in [6.07, 6.45) is 0. The number of aromatic nitrogens is 3. The fourth-order valence-corrected chi connectivity index (χ4v) is 2.60. The van der Waals surface area contributed by atoms with E-state index in [0.717, 1.165) is 5.56 Å². The summed E-state index contributed by atoms with van der Waals surface area (Å²) in [5, 5.41) is 16.9. The van der Waals surface area contributed by atoms with Crippen molar-refractivity contribution in [3.8, 4) is 0 Å². The van der Waals surface area contributed by atoms with Crippen LogP contribution in [0.5, 0.6) is 0 Å². The highest BCUT2D eigenvalue weighted by Crippen LogP contribution is 2.26. The Hall–Kier alpha value is -1.76. The van der Waals surface area contributed by atoms with Crippen LogP contribution in [0.4, 0.5) is 4.39 Å². The predicted molar refractivity (Wildman–Crippen MR) is 78.9 cm³/mol. The van der Waals surface area contributed by atoms with Gasteiger partial charge in [0.05, 0.1) is 12.2 Å². The van der Waals surface area contributed by atoms with Crippen LogP contribution in [0.25, 0.3) is 0 Å². The molecule has 7 heteroatoms. The Kier molecular flexibility index (Phi) is 4.13. The van der Waals surface area contributed by atoms with Gasteiger partial charge in [-0.25, -0.2) is 13.9 Å². The van der Waals surface area contributed by atoms with E-state index in [1.807, 2.05) is 20.8 Å². The van der Waals surface area contributed by atoms with Crippen molar-refractivity contribution < 1.29 is 14.3 Å². The largest absolute Gasteiger partial charge is 0.476 e. The van der Waals surface area contributed by atoms with Crippen LogP contribution >= 0.6 is 15.9 Å². The zero-order valence-corrected chi connectivity index (χ0v) is 13.5. The molecule has 1 heterocycles. The van der Waals surface area contributed by atoms with E-state index < -0.39 is 11.4 Å². The van der Waals surface area contributed by atoms with Gasteiger partial charge in [0.1, 0.15) is 5.82 Å². The van der Waals surface area contributed by atoms with Crippen LogP contribution < -0.4 is 0 Å². The van der Waals surface area contributed by atoms with Gasteiger partial charge in [0.15, 0.2) is 5.69 Å². The van der Waals surface area contributed by atoms with Crippen molar-refractivity contribution in [2.24, 2.45) is 0 Å². The van der Waals surface area contributed by atoms with Crippen LogP contribution in [0.1, 0.15) is 42.5 Å². The van der Waals surface area contributed by atoms with E-state index >= 15 is 0 Å². The molecule has 0 unspecified atom stereocenters. The molecule has 1 aromatic heterocycles. The molecule has 0 amide bonds. The van der Waals surface area contributed by atoms with Crippen LogP contribution in [0, 0.1) is 5.82 Å². The Balaban J connectivity index is 2.47. The van der Waals surface area contributed by atoms with Crippen LogP contribution in [0.3, 0.4) is 0 Å². The first-order chi connectivity index (χ1) is 9.70. The molecule has 0 saturated carbocycles. The average molecular weight is 356 g/mol. The van der Waals surface area contributed by atoms with Gasteiger partial charge in [0.2, 0.25) is 0 Å². The summed E-state index contributed by atoms with van der Waals surface area (Å²) >= 11 is 3.30. The normalized spacial score (nSPS) is 11.7. The predicted octanol–water partition coefficient (Wildman–Crippen LogP) is 3.22. The quantitative estimate of drug-likeness (QED) is 0.917. The number of benzene rings is 1. The molecule has 2 aromatic rings. The lowest BCUT2D eigenvalue weighted by Gasteiger charge is -2.20. The lowest BCUT2D eigenvalue weighted by Crippen LogP contribution is -2.22. The Morgan fingerprint density at radius 2 is 2.10 bits per heavy atom. The third-order valence-electron chi connectivity index (χ3n) is 2.98. The maximum atomic E-state index is 13.1. The van der Waals surface area contributed by atoms with Crippen LogP contribution in [0.15, 0.2) is 22.7 Å². The second-order valence-corrected chi connectivity index (χ2v) is 6.59. The molecule has 0 bridgehead atoms. The highest BCUT2D eigenvalue weighted by Gasteiger charge is 2.29. The van der Waals surface area contributed by atoms with E-state index in [1.165, 1.54) is 12.1 Å². The van der Waals surface area contributed by atoms with Crippen molar-refractivity contribution in [2.45, 2.75) is 32.7 Å². The Labute approximate surface area is 129 Å². The first kappa shape index (κ1) is 15.6. The standard InChI is InChI=1S/C14H15BrFN3O2/c1-14(2,3)12-11(13(20)21)17-18-19(12)7-8-4-5-9(16)6-10(8)15/h4-6H,7H2,1-3H3,(H,20,21). The average Bonchev–Trinajstić information content (AvgIpc) is 2.76. The minimum Gasteiger partial charge on any atom is -0.476 e. The molecular formula is C14H15BrFN3O2. The SMILES string of the molecule is CC(C)(C)c1c(C(=O)O)nnn1Cc1ccc(F)cc1Br. The highest BCUT2D eigenvalue weighted by molar-refractivity contribution is 9.10. The Morgan fingerprint density at radius 1 is 1.43 bits per heavy atom. The second kappa shape index (κ2) is 5.55. The van der Waals surface area contributed by atoms with E-state index in [9.17, 15) is 14.3 Å². The maximum absolute atomic E-state index is 13.1. The van der Waals surface area contributed by atoms with Gasteiger partial charge < -0.3 is 5.11 Å². The summed E-state index contributed by atoms with van der Waals surface area (Å²) in [4.78, 5) is 11.3. The van der Waals surface area contributed by atoms with Gasteiger partial charge in [-0.05, 0) is 17.7 Å². The topological polar surface area (TPSA) is 68.0 Å². The zero-order chi connectivity index (χ0) is 15.8. The molecule has 5 nitrogen and oxygen atoms in total. The maximum Gasteiger partial charge on any atom is 0.358 e. The number of carboxylic acid groups (broad SMARTS) is 1. The molecule has 0 saturated heterocycles. The summed E-state index contributed by atoms with van der Waals surface area (Å²) in [5.41, 5.74) is 0.847. The number of hydrogen-bond donors (Lipinski definition) is 1. The zero-order valence-electron chi connectivity index (χ0n) is 11.9. The molecule has 0 radical (unpaired) electrons. The van der Waals surface area contributed by atoms with Crippen molar-refractivity contribution in [2.75, 3.05) is 0 Å². The fourth-order valence-electron chi connectivity index (χ4n) is 2.12. The molecule has 2 rings (SSSR count). The van der Waals surface area contributed by atoms with Gasteiger partial charge >= 0.3 is 5.97 Å². The van der Waals surface area contributed by atoms with E-state index in [1.54, 1.807) is 10.7 Å². The molecule has 0 atom stereocenters. The molecule has 0 aliphatic heterocycles. The smallest absolute Gasteiger partial charge is 0.358 e. The van der Waals surface area contributed by atoms with Gasteiger partial charge in [0.25, 0.3) is 0 Å². The minimum atomic E-state index is -1.11. The number of halogens is 2. The van der Waals surface area contributed by atoms with Gasteiger partial charge in [-0.3, -0.25) is 0 Å². The summed E-state index contributed by atoms with van der Waals surface area (Å²) < 4.78 is 15.3. The van der Waals surface area contributed by atoms with E-state index in [-0.39, 0.29) is 11.5 Å². The lowest BCUT2D eigenvalue weighted by molar-refractivity contribution is 0.0687. The molecular weight excluding hydrogens is 341 g/mol. The van der Waals surface area contributed by atoms with Crippen LogP contribution in [-0.2, 0) is 12.0 Å². The van der Waals surface area contributed by atoms with Gasteiger partial charge in [-0.1, -0.05) is 48.0 Å². The molecule has 1 aromatic carbocycles. The third-order valence-corrected chi connectivity index (χ3v) is 3.72. The molecule has 0 aliphatic carbocycles. The molecule has 0 spiro atoms. The highest BCUT2D eigenvalue weighted by atomic mass is 79.9. The Bertz CT molecular complexity index is 692. The number of rotatable bonds is 3. The summed E-state index contributed by atoms with van der Waals surface area (Å²) in [5.74, 6) is -1.45. The van der Waals surface area contributed by atoms with Crippen molar-refractivity contribution >= 4 is 21.9 Å². The van der Waals surface area contributed by atoms with E-state index in [0.29, 0.717) is 16.7 Å². The first-order valence-electron chi connectivity index (χ1n) is 6.31. The lowest BCUT2D eigenvalue weighted by atomic mass is 9.90. The summed E-state index contributed by atoms with van der Waals surface area (Å²) in [6.45, 7) is 6.00. The number of nitrogens with zero attached hydrogens (tertiary/aromatic N) is 3. The minimum absolute atomic E-state index is 0.0549. The van der Waals surface area contributed by atoms with Gasteiger partial charge in [-0.2, -0.15) is 0 Å². The van der Waals surface area contributed by atoms with Gasteiger partial charge in [0, 0.05) is 9.89 Å². The molecule has 21 heavy (non-hydrogen) atoms. The monoisotopic (exact) mass is 355 g/mol. The van der Waals surface area contributed by atoms with Crippen molar-refractivity contribution in [1.82, 2.24) is 15.0 Å². The second-order valence-electron chi connectivity index (χ2n) is 5.74. The van der Waals surface area contributed by atoms with Gasteiger partial charge in [-0.15, -0.1) is 5.10 Å². The molecule has 1 N–H and O–H groups in total. The van der Waals surface area contributed by atoms with E-state index in [4.69, 9.17) is 0 Å². The van der Waals surface area contributed by atoms with E-state index in [2.05, 4.69) is 26.2 Å².